The van der Waals surface area contributed by atoms with Gasteiger partial charge in [-0.05, 0) is 36.4 Å². The van der Waals surface area contributed by atoms with Crippen LogP contribution in [-0.4, -0.2) is 27.5 Å². The lowest BCUT2D eigenvalue weighted by Crippen LogP contribution is -2.20. The Morgan fingerprint density at radius 2 is 1.71 bits per heavy atom. The Morgan fingerprint density at radius 1 is 0.964 bits per heavy atom. The lowest BCUT2D eigenvalue weighted by molar-refractivity contribution is -0.118. The molecule has 0 bridgehead atoms. The summed E-state index contributed by atoms with van der Waals surface area (Å²) in [4.78, 5) is 12.3. The van der Waals surface area contributed by atoms with E-state index in [9.17, 15) is 4.79 Å². The van der Waals surface area contributed by atoms with Crippen LogP contribution >= 0.6 is 0 Å². The molecular formula is C21H18N4O3. The van der Waals surface area contributed by atoms with Crippen LogP contribution < -0.4 is 14.8 Å². The molecule has 7 nitrogen and oxygen atoms in total. The maximum absolute atomic E-state index is 12.3. The quantitative estimate of drug-likeness (QED) is 0.512. The molecule has 28 heavy (non-hydrogen) atoms. The predicted molar refractivity (Wildman–Crippen MR) is 105 cm³/mol. The van der Waals surface area contributed by atoms with E-state index >= 15 is 0 Å². The molecule has 0 unspecified atom stereocenters. The minimum atomic E-state index is -0.279. The molecule has 2 N–H and O–H groups in total. The van der Waals surface area contributed by atoms with E-state index in [-0.39, 0.29) is 12.5 Å². The van der Waals surface area contributed by atoms with Crippen molar-refractivity contribution in [2.45, 2.75) is 0 Å². The molecule has 0 aliphatic heterocycles. The summed E-state index contributed by atoms with van der Waals surface area (Å²) < 4.78 is 13.2. The summed E-state index contributed by atoms with van der Waals surface area (Å²) in [7, 11) is 0. The summed E-state index contributed by atoms with van der Waals surface area (Å²) in [6.45, 7) is -0.120. The number of carbonyl (C=O) groups is 1. The Balaban J connectivity index is 1.38. The molecule has 1 aromatic heterocycles. The Hall–Kier alpha value is -4.00. The van der Waals surface area contributed by atoms with Crippen molar-refractivity contribution >= 4 is 11.6 Å². The Bertz CT molecular complexity index is 1050. The highest BCUT2D eigenvalue weighted by Gasteiger charge is 2.10. The Kier molecular flexibility index (Phi) is 5.06. The highest BCUT2D eigenvalue weighted by molar-refractivity contribution is 5.93. The zero-order valence-corrected chi connectivity index (χ0v) is 14.9. The van der Waals surface area contributed by atoms with E-state index in [4.69, 9.17) is 9.47 Å². The van der Waals surface area contributed by atoms with Gasteiger partial charge in [-0.2, -0.15) is 0 Å². The molecule has 4 aromatic rings. The van der Waals surface area contributed by atoms with Crippen LogP contribution in [-0.2, 0) is 4.79 Å². The van der Waals surface area contributed by atoms with Gasteiger partial charge < -0.3 is 14.8 Å². The molecule has 0 atom stereocenters. The van der Waals surface area contributed by atoms with Crippen molar-refractivity contribution in [1.82, 2.24) is 15.0 Å². The number of hydrogen-bond acceptors (Lipinski definition) is 4. The van der Waals surface area contributed by atoms with Gasteiger partial charge in [-0.3, -0.25) is 4.79 Å². The molecule has 1 amide bonds. The number of carbonyl (C=O) groups excluding carboxylic acids is 1. The lowest BCUT2D eigenvalue weighted by Gasteiger charge is -2.13. The Morgan fingerprint density at radius 3 is 2.50 bits per heavy atom. The topological polar surface area (TPSA) is 81.2 Å². The van der Waals surface area contributed by atoms with Crippen LogP contribution in [0.3, 0.4) is 0 Å². The van der Waals surface area contributed by atoms with Gasteiger partial charge in [0.05, 0.1) is 11.4 Å². The standard InChI is InChI=1S/C21H18N4O3/c26-21(14-27-18-10-6-7-16(13-18)25-15-22-24-25)23-19-11-4-5-12-20(19)28-17-8-2-1-3-9-17/h1-13,15,24H,14H2,(H,23,26). The highest BCUT2D eigenvalue weighted by Crippen LogP contribution is 2.29. The number of aromatic nitrogens is 3. The number of aromatic amines is 1. The minimum absolute atomic E-state index is 0.120. The minimum Gasteiger partial charge on any atom is -0.484 e. The van der Waals surface area contributed by atoms with E-state index in [0.29, 0.717) is 22.9 Å². The first-order chi connectivity index (χ1) is 13.8. The van der Waals surface area contributed by atoms with Crippen LogP contribution in [0.1, 0.15) is 0 Å². The number of H-pyrrole nitrogens is 1. The predicted octanol–water partition coefficient (Wildman–Crippen LogP) is 4.01. The Labute approximate surface area is 161 Å². The zero-order chi connectivity index (χ0) is 19.2. The van der Waals surface area contributed by atoms with Crippen LogP contribution in [0.25, 0.3) is 5.69 Å². The first kappa shape index (κ1) is 17.4. The molecule has 0 fully saturated rings. The van der Waals surface area contributed by atoms with Crippen LogP contribution in [0.15, 0.2) is 85.2 Å². The monoisotopic (exact) mass is 374 g/mol. The number of amides is 1. The number of rotatable bonds is 7. The molecule has 0 saturated heterocycles. The number of hydrogen-bond donors (Lipinski definition) is 2. The van der Waals surface area contributed by atoms with Crippen LogP contribution in [0.4, 0.5) is 5.69 Å². The van der Waals surface area contributed by atoms with E-state index in [0.717, 1.165) is 5.69 Å². The zero-order valence-electron chi connectivity index (χ0n) is 14.9. The van der Waals surface area contributed by atoms with Gasteiger partial charge in [0.1, 0.15) is 17.8 Å². The van der Waals surface area contributed by atoms with Crippen molar-refractivity contribution in [2.75, 3.05) is 11.9 Å². The average molecular weight is 374 g/mol. The van der Waals surface area contributed by atoms with Crippen LogP contribution in [0.5, 0.6) is 17.2 Å². The van der Waals surface area contributed by atoms with Crippen molar-refractivity contribution in [1.29, 1.82) is 0 Å². The molecule has 3 aromatic carbocycles. The van der Waals surface area contributed by atoms with E-state index in [1.807, 2.05) is 60.7 Å². The molecule has 7 heteroatoms. The van der Waals surface area contributed by atoms with Crippen molar-refractivity contribution < 1.29 is 14.3 Å². The molecule has 0 saturated carbocycles. The molecule has 0 aliphatic rings. The second-order valence-corrected chi connectivity index (χ2v) is 5.96. The number of benzene rings is 3. The van der Waals surface area contributed by atoms with Crippen molar-refractivity contribution in [3.63, 3.8) is 0 Å². The first-order valence-corrected chi connectivity index (χ1v) is 8.71. The summed E-state index contributed by atoms with van der Waals surface area (Å²) in [5.74, 6) is 1.56. The molecule has 0 radical (unpaired) electrons. The third-order valence-corrected chi connectivity index (χ3v) is 3.94. The molecule has 4 rings (SSSR count). The fraction of sp³-hybridized carbons (Fsp3) is 0.0476. The number of nitrogens with one attached hydrogen (secondary N) is 2. The van der Waals surface area contributed by atoms with Gasteiger partial charge in [-0.25, -0.2) is 9.90 Å². The van der Waals surface area contributed by atoms with Crippen molar-refractivity contribution in [2.24, 2.45) is 0 Å². The fourth-order valence-electron chi connectivity index (χ4n) is 2.57. The number of anilines is 1. The molecule has 0 aliphatic carbocycles. The van der Waals surface area contributed by atoms with E-state index in [1.165, 1.54) is 0 Å². The number of para-hydroxylation sites is 3. The van der Waals surface area contributed by atoms with Crippen LogP contribution in [0.2, 0.25) is 0 Å². The maximum Gasteiger partial charge on any atom is 0.262 e. The molecule has 140 valence electrons. The normalized spacial score (nSPS) is 10.4. The van der Waals surface area contributed by atoms with Gasteiger partial charge in [0, 0.05) is 6.07 Å². The molecule has 1 heterocycles. The molecule has 0 spiro atoms. The van der Waals surface area contributed by atoms with Gasteiger partial charge in [-0.15, -0.1) is 5.10 Å². The van der Waals surface area contributed by atoms with E-state index in [2.05, 4.69) is 15.6 Å². The van der Waals surface area contributed by atoms with Crippen molar-refractivity contribution in [3.05, 3.63) is 85.2 Å². The smallest absolute Gasteiger partial charge is 0.262 e. The maximum atomic E-state index is 12.3. The van der Waals surface area contributed by atoms with Gasteiger partial charge in [0.15, 0.2) is 12.4 Å². The summed E-state index contributed by atoms with van der Waals surface area (Å²) in [6, 6.07) is 24.0. The summed E-state index contributed by atoms with van der Waals surface area (Å²) >= 11 is 0. The first-order valence-electron chi connectivity index (χ1n) is 8.71. The van der Waals surface area contributed by atoms with Gasteiger partial charge in [-0.1, -0.05) is 36.4 Å². The second-order valence-electron chi connectivity index (χ2n) is 5.96. The summed E-state index contributed by atoms with van der Waals surface area (Å²) in [6.07, 6.45) is 1.65. The van der Waals surface area contributed by atoms with Gasteiger partial charge >= 0.3 is 0 Å². The molecular weight excluding hydrogens is 356 g/mol. The summed E-state index contributed by atoms with van der Waals surface area (Å²) in [5, 5.41) is 9.39. The SMILES string of the molecule is O=C(COc1cccc(-n2cn[nH]2)c1)Nc1ccccc1Oc1ccccc1. The fourth-order valence-corrected chi connectivity index (χ4v) is 2.57. The third kappa shape index (κ3) is 4.21. The lowest BCUT2D eigenvalue weighted by atomic mass is 10.3. The van der Waals surface area contributed by atoms with Crippen molar-refractivity contribution in [3.8, 4) is 22.9 Å². The second kappa shape index (κ2) is 8.13. The third-order valence-electron chi connectivity index (χ3n) is 3.94. The van der Waals surface area contributed by atoms with Gasteiger partial charge in [0.25, 0.3) is 5.91 Å². The largest absolute Gasteiger partial charge is 0.484 e. The number of nitrogens with zero attached hydrogens (tertiary/aromatic N) is 2. The van der Waals surface area contributed by atoms with Crippen LogP contribution in [0, 0.1) is 0 Å². The van der Waals surface area contributed by atoms with E-state index in [1.54, 1.807) is 29.2 Å². The summed E-state index contributed by atoms with van der Waals surface area (Å²) in [5.41, 5.74) is 1.45. The van der Waals surface area contributed by atoms with E-state index < -0.39 is 0 Å². The highest BCUT2D eigenvalue weighted by atomic mass is 16.5. The number of ether oxygens (including phenoxy) is 2. The van der Waals surface area contributed by atoms with Gasteiger partial charge in [0.2, 0.25) is 0 Å². The average Bonchev–Trinajstić information content (AvgIpc) is 2.68.